The van der Waals surface area contributed by atoms with Crippen molar-refractivity contribution in [3.8, 4) is 34.5 Å². The Hall–Kier alpha value is -4.33. The minimum absolute atomic E-state index is 0.0897. The second-order valence-electron chi connectivity index (χ2n) is 16.3. The predicted molar refractivity (Wildman–Crippen MR) is 254 cm³/mol. The van der Waals surface area contributed by atoms with Crippen molar-refractivity contribution in [2.75, 3.05) is 46.2 Å². The molecule has 0 atom stereocenters. The van der Waals surface area contributed by atoms with E-state index >= 15 is 0 Å². The lowest BCUT2D eigenvalue weighted by molar-refractivity contribution is -0.138. The first kappa shape index (κ1) is 49.3. The molecule has 0 N–H and O–H groups in total. The van der Waals surface area contributed by atoms with Gasteiger partial charge in [0, 0.05) is 6.08 Å². The van der Waals surface area contributed by atoms with Gasteiger partial charge in [0.05, 0.1) is 33.0 Å². The van der Waals surface area contributed by atoms with Crippen molar-refractivity contribution < 1.29 is 38.0 Å². The maximum absolute atomic E-state index is 11.9. The maximum Gasteiger partial charge on any atom is 0.330 e. The van der Waals surface area contributed by atoms with Gasteiger partial charge in [-0.15, -0.1) is 0 Å². The number of carbonyl (C=O) groups excluding carboxylic acids is 1. The van der Waals surface area contributed by atoms with Gasteiger partial charge in [-0.1, -0.05) is 138 Å². The Balaban J connectivity index is 1.96. The van der Waals surface area contributed by atoms with Crippen LogP contribution in [0, 0.1) is 0 Å². The summed E-state index contributed by atoms with van der Waals surface area (Å²) < 4.78 is 44.6. The lowest BCUT2D eigenvalue weighted by atomic mass is 9.93. The lowest BCUT2D eigenvalue weighted by Crippen LogP contribution is -2.11. The van der Waals surface area contributed by atoms with Crippen LogP contribution in [-0.4, -0.2) is 52.2 Å². The van der Waals surface area contributed by atoms with Gasteiger partial charge in [0.25, 0.3) is 0 Å². The molecule has 4 rings (SSSR count). The Kier molecular flexibility index (Phi) is 23.5. The maximum atomic E-state index is 11.9. The van der Waals surface area contributed by atoms with Crippen LogP contribution in [0.4, 0.5) is 0 Å². The van der Waals surface area contributed by atoms with E-state index in [1.165, 1.54) is 51.4 Å². The van der Waals surface area contributed by atoms with Gasteiger partial charge in [-0.3, -0.25) is 0 Å². The fourth-order valence-corrected chi connectivity index (χ4v) is 7.60. The molecule has 0 saturated heterocycles. The fourth-order valence-electron chi connectivity index (χ4n) is 7.60. The topological polar surface area (TPSA) is 81.7 Å². The number of hydrogen-bond donors (Lipinski definition) is 0. The minimum Gasteiger partial charge on any atom is -0.490 e. The quantitative estimate of drug-likeness (QED) is 0.0196. The van der Waals surface area contributed by atoms with Crippen LogP contribution in [0.2, 0.25) is 0 Å². The minimum atomic E-state index is -0.481. The highest BCUT2D eigenvalue weighted by Crippen LogP contribution is 2.47. The summed E-state index contributed by atoms with van der Waals surface area (Å²) in [5.74, 6) is 3.78. The van der Waals surface area contributed by atoms with Gasteiger partial charge in [-0.2, -0.15) is 0 Å². The summed E-state index contributed by atoms with van der Waals surface area (Å²) in [6.07, 6.45) is 23.4. The van der Waals surface area contributed by atoms with Crippen LogP contribution in [0.5, 0.6) is 34.5 Å². The van der Waals surface area contributed by atoms with Crippen LogP contribution in [0.25, 0.3) is 32.3 Å². The number of fused-ring (bicyclic) bond motifs is 6. The van der Waals surface area contributed by atoms with Crippen LogP contribution >= 0.6 is 0 Å². The molecule has 0 aliphatic heterocycles. The molecule has 0 amide bonds. The molecule has 0 radical (unpaired) electrons. The molecule has 61 heavy (non-hydrogen) atoms. The van der Waals surface area contributed by atoms with Gasteiger partial charge in [0.1, 0.15) is 13.2 Å². The second kappa shape index (κ2) is 29.1. The third-order valence-electron chi connectivity index (χ3n) is 11.2. The van der Waals surface area contributed by atoms with Crippen LogP contribution in [0.15, 0.2) is 49.1 Å². The highest BCUT2D eigenvalue weighted by atomic mass is 16.6. The predicted octanol–water partition coefficient (Wildman–Crippen LogP) is 15.0. The average Bonchev–Trinajstić information content (AvgIpc) is 3.27. The summed E-state index contributed by atoms with van der Waals surface area (Å²) in [6, 6.07) is 12.9. The van der Waals surface area contributed by atoms with E-state index in [2.05, 4.69) is 77.6 Å². The second-order valence-corrected chi connectivity index (χ2v) is 16.3. The number of carbonyl (C=O) groups is 1. The molecule has 8 nitrogen and oxygen atoms in total. The number of esters is 1. The van der Waals surface area contributed by atoms with E-state index in [1.807, 2.05) is 0 Å². The average molecular weight is 843 g/mol. The molecule has 0 aromatic heterocycles. The molecule has 0 saturated carbocycles. The van der Waals surface area contributed by atoms with Gasteiger partial charge >= 0.3 is 5.97 Å². The van der Waals surface area contributed by atoms with Crippen molar-refractivity contribution in [2.24, 2.45) is 0 Å². The first-order valence-corrected chi connectivity index (χ1v) is 24.1. The smallest absolute Gasteiger partial charge is 0.330 e. The standard InChI is InChI=1S/C53H78O8/c1-7-13-18-23-28-55-47-35-41-42-36-48(56-29-24-19-14-8-2)50(58-31-26-21-16-10-4)38-44(42)46-40-52(60-33-34-61-53(54)12-6)51(59-32-27-22-17-11-5)39-45(46)43(41)37-49(47)57-30-25-20-15-9-3/h12,35-40H,6-11,13-34H2,1-5H3. The van der Waals surface area contributed by atoms with E-state index in [4.69, 9.17) is 33.2 Å². The summed E-state index contributed by atoms with van der Waals surface area (Å²) >= 11 is 0. The van der Waals surface area contributed by atoms with Crippen LogP contribution in [0.3, 0.4) is 0 Å². The zero-order valence-electron chi connectivity index (χ0n) is 38.6. The van der Waals surface area contributed by atoms with E-state index in [-0.39, 0.29) is 13.2 Å². The molecule has 0 aliphatic rings. The van der Waals surface area contributed by atoms with Gasteiger partial charge in [-0.25, -0.2) is 4.79 Å². The van der Waals surface area contributed by atoms with Crippen molar-refractivity contribution in [2.45, 2.75) is 163 Å². The Morgan fingerprint density at radius 1 is 0.361 bits per heavy atom. The molecule has 4 aromatic carbocycles. The molecule has 0 unspecified atom stereocenters. The largest absolute Gasteiger partial charge is 0.490 e. The summed E-state index contributed by atoms with van der Waals surface area (Å²) in [6.45, 7) is 18.0. The molecule has 8 heteroatoms. The van der Waals surface area contributed by atoms with E-state index in [0.29, 0.717) is 44.5 Å². The van der Waals surface area contributed by atoms with E-state index in [1.54, 1.807) is 0 Å². The SMILES string of the molecule is C=CC(=O)OCCOc1cc2c3cc(OCCCCCC)c(OCCCCCC)cc3c3cc(OCCCCCC)c(OCCCCCC)cc3c2cc1OCCCCCC. The van der Waals surface area contributed by atoms with Crippen LogP contribution < -0.4 is 28.4 Å². The molecule has 0 bridgehead atoms. The van der Waals surface area contributed by atoms with E-state index in [9.17, 15) is 4.79 Å². The van der Waals surface area contributed by atoms with Crippen molar-refractivity contribution in [3.63, 3.8) is 0 Å². The van der Waals surface area contributed by atoms with Crippen molar-refractivity contribution in [1.29, 1.82) is 0 Å². The van der Waals surface area contributed by atoms with Gasteiger partial charge < -0.3 is 33.2 Å². The lowest BCUT2D eigenvalue weighted by Gasteiger charge is -2.21. The van der Waals surface area contributed by atoms with E-state index < -0.39 is 5.97 Å². The fraction of sp³-hybridized carbons (Fsp3) is 0.604. The Bertz CT molecular complexity index is 1830. The third kappa shape index (κ3) is 16.1. The molecule has 0 fully saturated rings. The number of unbranched alkanes of at least 4 members (excludes halogenated alkanes) is 15. The van der Waals surface area contributed by atoms with Gasteiger partial charge in [0.2, 0.25) is 0 Å². The zero-order chi connectivity index (χ0) is 43.5. The molecule has 0 heterocycles. The molecular formula is C53H78O8. The highest BCUT2D eigenvalue weighted by Gasteiger charge is 2.21. The van der Waals surface area contributed by atoms with Crippen molar-refractivity contribution in [3.05, 3.63) is 49.1 Å². The van der Waals surface area contributed by atoms with Crippen LogP contribution in [0.1, 0.15) is 163 Å². The molecule has 0 spiro atoms. The third-order valence-corrected chi connectivity index (χ3v) is 11.2. The normalized spacial score (nSPS) is 11.3. The summed E-state index contributed by atoms with van der Waals surface area (Å²) in [5, 5.41) is 6.15. The zero-order valence-corrected chi connectivity index (χ0v) is 38.6. The number of hydrogen-bond acceptors (Lipinski definition) is 8. The first-order chi connectivity index (χ1) is 30.0. The monoisotopic (exact) mass is 843 g/mol. The van der Waals surface area contributed by atoms with Gasteiger partial charge in [0.15, 0.2) is 34.5 Å². The molecule has 0 aliphatic carbocycles. The van der Waals surface area contributed by atoms with E-state index in [0.717, 1.165) is 138 Å². The van der Waals surface area contributed by atoms with Crippen molar-refractivity contribution >= 4 is 38.3 Å². The molecular weight excluding hydrogens is 765 g/mol. The summed E-state index contributed by atoms with van der Waals surface area (Å²) in [7, 11) is 0. The van der Waals surface area contributed by atoms with Crippen LogP contribution in [-0.2, 0) is 9.53 Å². The number of ether oxygens (including phenoxy) is 7. The summed E-state index contributed by atoms with van der Waals surface area (Å²) in [4.78, 5) is 11.9. The Morgan fingerprint density at radius 3 is 0.803 bits per heavy atom. The molecule has 4 aromatic rings. The Labute approximate surface area is 368 Å². The summed E-state index contributed by atoms with van der Waals surface area (Å²) in [5.41, 5.74) is 0. The van der Waals surface area contributed by atoms with Gasteiger partial charge in [-0.05, 0) is 101 Å². The first-order valence-electron chi connectivity index (χ1n) is 24.1. The highest BCUT2D eigenvalue weighted by molar-refractivity contribution is 6.26. The van der Waals surface area contributed by atoms with Crippen molar-refractivity contribution in [1.82, 2.24) is 0 Å². The molecule has 338 valence electrons. The number of rotatable bonds is 35. The number of benzene rings is 4. The Morgan fingerprint density at radius 2 is 0.590 bits per heavy atom.